The molecule has 0 fully saturated rings. The average molecular weight is 355 g/mol. The first-order chi connectivity index (χ1) is 13.3. The molecule has 4 aromatic rings. The van der Waals surface area contributed by atoms with Gasteiger partial charge in [0.05, 0.1) is 6.20 Å². The summed E-state index contributed by atoms with van der Waals surface area (Å²) in [5.74, 6) is 1.50. The quantitative estimate of drug-likeness (QED) is 0.584. The van der Waals surface area contributed by atoms with Crippen LogP contribution in [0.25, 0.3) is 11.4 Å². The number of hydrogen-bond donors (Lipinski definition) is 1. The van der Waals surface area contributed by atoms with Crippen LogP contribution in [0.4, 0.5) is 5.69 Å². The van der Waals surface area contributed by atoms with Gasteiger partial charge in [-0.3, -0.25) is 9.97 Å². The van der Waals surface area contributed by atoms with Crippen LogP contribution in [-0.2, 0) is 6.42 Å². The van der Waals surface area contributed by atoms with Crippen molar-refractivity contribution >= 4 is 5.69 Å². The maximum absolute atomic E-state index is 5.97. The first-order valence-corrected chi connectivity index (χ1v) is 8.46. The largest absolute Gasteiger partial charge is 0.437 e. The van der Waals surface area contributed by atoms with Crippen LogP contribution < -0.4 is 10.5 Å². The van der Waals surface area contributed by atoms with Crippen LogP contribution in [0.1, 0.15) is 11.1 Å². The van der Waals surface area contributed by atoms with Crippen molar-refractivity contribution < 1.29 is 4.74 Å². The van der Waals surface area contributed by atoms with Crippen LogP contribution in [0.3, 0.4) is 0 Å². The topological polar surface area (TPSA) is 86.8 Å². The van der Waals surface area contributed by atoms with Crippen molar-refractivity contribution in [3.8, 4) is 23.0 Å². The average Bonchev–Trinajstić information content (AvgIpc) is 2.72. The summed E-state index contributed by atoms with van der Waals surface area (Å²) in [4.78, 5) is 16.9. The van der Waals surface area contributed by atoms with E-state index in [1.807, 2.05) is 48.7 Å². The molecule has 2 N–H and O–H groups in total. The van der Waals surface area contributed by atoms with Crippen molar-refractivity contribution in [1.82, 2.24) is 19.9 Å². The summed E-state index contributed by atoms with van der Waals surface area (Å²) >= 11 is 0. The summed E-state index contributed by atoms with van der Waals surface area (Å²) in [5.41, 5.74) is 9.48. The minimum Gasteiger partial charge on any atom is -0.437 e. The first-order valence-electron chi connectivity index (χ1n) is 8.46. The molecule has 0 aliphatic heterocycles. The third kappa shape index (κ3) is 4.07. The fraction of sp³-hybridized carbons (Fsp3) is 0.0476. The molecule has 0 saturated carbocycles. The molecule has 0 amide bonds. The van der Waals surface area contributed by atoms with Crippen LogP contribution in [0.2, 0.25) is 0 Å². The van der Waals surface area contributed by atoms with Gasteiger partial charge in [-0.15, -0.1) is 0 Å². The van der Waals surface area contributed by atoms with Crippen LogP contribution >= 0.6 is 0 Å². The Morgan fingerprint density at radius 2 is 1.59 bits per heavy atom. The Morgan fingerprint density at radius 3 is 2.30 bits per heavy atom. The normalized spacial score (nSPS) is 10.5. The van der Waals surface area contributed by atoms with Gasteiger partial charge in [0.25, 0.3) is 0 Å². The summed E-state index contributed by atoms with van der Waals surface area (Å²) in [6, 6.07) is 15.5. The molecule has 3 heterocycles. The zero-order valence-electron chi connectivity index (χ0n) is 14.5. The highest BCUT2D eigenvalue weighted by Crippen LogP contribution is 2.27. The lowest BCUT2D eigenvalue weighted by atomic mass is 10.1. The third-order valence-corrected chi connectivity index (χ3v) is 3.97. The van der Waals surface area contributed by atoms with Gasteiger partial charge in [-0.2, -0.15) is 4.98 Å². The molecule has 3 aromatic heterocycles. The van der Waals surface area contributed by atoms with Crippen LogP contribution in [0.5, 0.6) is 11.6 Å². The van der Waals surface area contributed by atoms with Crippen molar-refractivity contribution in [1.29, 1.82) is 0 Å². The van der Waals surface area contributed by atoms with Crippen molar-refractivity contribution in [3.63, 3.8) is 0 Å². The molecule has 6 heteroatoms. The molecule has 6 nitrogen and oxygen atoms in total. The van der Waals surface area contributed by atoms with E-state index in [4.69, 9.17) is 10.5 Å². The summed E-state index contributed by atoms with van der Waals surface area (Å²) in [5, 5.41) is 0. The van der Waals surface area contributed by atoms with Gasteiger partial charge in [-0.1, -0.05) is 18.2 Å². The molecule has 0 radical (unpaired) electrons. The second-order valence-corrected chi connectivity index (χ2v) is 5.98. The standard InChI is InChI=1S/C21H17N5O/c22-19-14-25-20(17-4-2-10-24-13-17)26-21(19)27-18-7-5-15(6-8-18)11-16-3-1-9-23-12-16/h1-10,12-14H,11,22H2. The van der Waals surface area contributed by atoms with Gasteiger partial charge < -0.3 is 10.5 Å². The van der Waals surface area contributed by atoms with E-state index in [0.717, 1.165) is 17.5 Å². The van der Waals surface area contributed by atoms with E-state index >= 15 is 0 Å². The minimum absolute atomic E-state index is 0.323. The smallest absolute Gasteiger partial charge is 0.246 e. The minimum atomic E-state index is 0.323. The maximum atomic E-state index is 5.97. The Labute approximate surface area is 156 Å². The van der Waals surface area contributed by atoms with E-state index in [1.165, 1.54) is 5.56 Å². The van der Waals surface area contributed by atoms with E-state index in [2.05, 4.69) is 26.0 Å². The predicted molar refractivity (Wildman–Crippen MR) is 103 cm³/mol. The molecular weight excluding hydrogens is 338 g/mol. The summed E-state index contributed by atoms with van der Waals surface area (Å²) in [6.07, 6.45) is 9.39. The molecule has 0 unspecified atom stereocenters. The Hall–Kier alpha value is -3.80. The van der Waals surface area contributed by atoms with Crippen molar-refractivity contribution in [2.45, 2.75) is 6.42 Å². The monoisotopic (exact) mass is 355 g/mol. The molecule has 0 aliphatic carbocycles. The number of nitrogens with zero attached hydrogens (tertiary/aromatic N) is 4. The van der Waals surface area contributed by atoms with Crippen LogP contribution in [-0.4, -0.2) is 19.9 Å². The molecule has 0 spiro atoms. The molecule has 0 atom stereocenters. The van der Waals surface area contributed by atoms with Crippen molar-refractivity contribution in [2.75, 3.05) is 5.73 Å². The number of hydrogen-bond acceptors (Lipinski definition) is 6. The SMILES string of the molecule is Nc1cnc(-c2cccnc2)nc1Oc1ccc(Cc2cccnc2)cc1. The fourth-order valence-corrected chi connectivity index (χ4v) is 2.62. The molecule has 0 aliphatic rings. The predicted octanol–water partition coefficient (Wildman–Crippen LogP) is 3.90. The van der Waals surface area contributed by atoms with Gasteiger partial charge in [-0.25, -0.2) is 4.98 Å². The van der Waals surface area contributed by atoms with E-state index in [-0.39, 0.29) is 0 Å². The zero-order valence-corrected chi connectivity index (χ0v) is 14.5. The maximum Gasteiger partial charge on any atom is 0.246 e. The highest BCUT2D eigenvalue weighted by molar-refractivity contribution is 5.58. The number of pyridine rings is 2. The second-order valence-electron chi connectivity index (χ2n) is 5.98. The highest BCUT2D eigenvalue weighted by Gasteiger charge is 2.09. The van der Waals surface area contributed by atoms with E-state index < -0.39 is 0 Å². The fourth-order valence-electron chi connectivity index (χ4n) is 2.62. The molecule has 0 saturated heterocycles. The number of benzene rings is 1. The number of ether oxygens (including phenoxy) is 1. The highest BCUT2D eigenvalue weighted by atomic mass is 16.5. The van der Waals surface area contributed by atoms with Gasteiger partial charge in [0.2, 0.25) is 5.88 Å². The van der Waals surface area contributed by atoms with Crippen molar-refractivity contribution in [3.05, 3.63) is 90.6 Å². The third-order valence-electron chi connectivity index (χ3n) is 3.97. The zero-order chi connectivity index (χ0) is 18.5. The van der Waals surface area contributed by atoms with Gasteiger partial charge in [-0.05, 0) is 47.9 Å². The molecule has 132 valence electrons. The van der Waals surface area contributed by atoms with E-state index in [9.17, 15) is 0 Å². The summed E-state index contributed by atoms with van der Waals surface area (Å²) in [6.45, 7) is 0. The van der Waals surface area contributed by atoms with Crippen LogP contribution in [0, 0.1) is 0 Å². The Morgan fingerprint density at radius 1 is 0.815 bits per heavy atom. The Kier molecular flexibility index (Phi) is 4.70. The lowest BCUT2D eigenvalue weighted by molar-refractivity contribution is 0.465. The number of aromatic nitrogens is 4. The first kappa shape index (κ1) is 16.7. The van der Waals surface area contributed by atoms with E-state index in [1.54, 1.807) is 24.8 Å². The van der Waals surface area contributed by atoms with E-state index in [0.29, 0.717) is 23.1 Å². The lowest BCUT2D eigenvalue weighted by Gasteiger charge is -2.09. The molecule has 1 aromatic carbocycles. The molecule has 0 bridgehead atoms. The van der Waals surface area contributed by atoms with Crippen LogP contribution in [0.15, 0.2) is 79.5 Å². The summed E-state index contributed by atoms with van der Waals surface area (Å²) in [7, 11) is 0. The number of anilines is 1. The number of nitrogen functional groups attached to an aromatic ring is 1. The molecule has 4 rings (SSSR count). The number of rotatable bonds is 5. The molecule has 27 heavy (non-hydrogen) atoms. The summed E-state index contributed by atoms with van der Waals surface area (Å²) < 4.78 is 5.87. The van der Waals surface area contributed by atoms with Gasteiger partial charge in [0.1, 0.15) is 11.4 Å². The lowest BCUT2D eigenvalue weighted by Crippen LogP contribution is -1.99. The van der Waals surface area contributed by atoms with Gasteiger partial charge in [0.15, 0.2) is 5.82 Å². The number of nitrogens with two attached hydrogens (primary N) is 1. The van der Waals surface area contributed by atoms with Crippen molar-refractivity contribution in [2.24, 2.45) is 0 Å². The van der Waals surface area contributed by atoms with Gasteiger partial charge >= 0.3 is 0 Å². The Balaban J connectivity index is 1.52. The second kappa shape index (κ2) is 7.61. The van der Waals surface area contributed by atoms with Gasteiger partial charge in [0, 0.05) is 30.4 Å². The Bertz CT molecular complexity index is 1020. The molecular formula is C21H17N5O.